The van der Waals surface area contributed by atoms with Crippen LogP contribution in [0.4, 0.5) is 5.82 Å². The average Bonchev–Trinajstić information content (AvgIpc) is 3.57. The Morgan fingerprint density at radius 1 is 1.10 bits per heavy atom. The molecule has 0 radical (unpaired) electrons. The summed E-state index contributed by atoms with van der Waals surface area (Å²) < 4.78 is 61.9. The quantitative estimate of drug-likeness (QED) is 0.0412. The lowest BCUT2D eigenvalue weighted by atomic mass is 9.87. The van der Waals surface area contributed by atoms with Crippen LogP contribution in [0.5, 0.6) is 0 Å². The molecular weight excluding hydrogens is 771 g/mol. The fourth-order valence-corrected chi connectivity index (χ4v) is 7.74. The van der Waals surface area contributed by atoms with Crippen molar-refractivity contribution in [2.75, 3.05) is 37.8 Å². The van der Waals surface area contributed by atoms with Gasteiger partial charge in [0.25, 0.3) is 0 Å². The van der Waals surface area contributed by atoms with Crippen molar-refractivity contribution in [3.63, 3.8) is 0 Å². The molecule has 0 aliphatic carbocycles. The number of amides is 1. The number of rotatable bonds is 20. The Kier molecular flexibility index (Phi) is 15.2. The molecule has 2 aromatic heterocycles. The maximum atomic E-state index is 12.6. The van der Waals surface area contributed by atoms with Crippen LogP contribution in [0.3, 0.4) is 0 Å². The van der Waals surface area contributed by atoms with Crippen LogP contribution in [-0.2, 0) is 45.9 Å². The van der Waals surface area contributed by atoms with Crippen LogP contribution in [0.15, 0.2) is 12.7 Å². The van der Waals surface area contributed by atoms with Crippen LogP contribution >= 0.6 is 35.2 Å². The molecule has 0 aromatic carbocycles. The van der Waals surface area contributed by atoms with E-state index >= 15 is 0 Å². The van der Waals surface area contributed by atoms with Gasteiger partial charge < -0.3 is 50.7 Å². The predicted molar refractivity (Wildman–Crippen MR) is 174 cm³/mol. The summed E-state index contributed by atoms with van der Waals surface area (Å²) in [6.45, 7) is 2.18. The van der Waals surface area contributed by atoms with Gasteiger partial charge in [-0.05, 0) is 0 Å². The fourth-order valence-electron chi connectivity index (χ4n) is 4.41. The lowest BCUT2D eigenvalue weighted by Gasteiger charge is -2.30. The highest BCUT2D eigenvalue weighted by Gasteiger charge is 2.50. The van der Waals surface area contributed by atoms with Gasteiger partial charge in [0.15, 0.2) is 22.8 Å². The molecular formula is C23H40N7O17P3S. The van der Waals surface area contributed by atoms with Gasteiger partial charge in [0.2, 0.25) is 5.91 Å². The molecule has 3 rings (SSSR count). The number of carbonyl (C=O) groups is 2. The second-order valence-corrected chi connectivity index (χ2v) is 17.1. The molecule has 1 fully saturated rings. The molecule has 290 valence electrons. The molecule has 1 amide bonds. The van der Waals surface area contributed by atoms with Gasteiger partial charge in [0, 0.05) is 37.6 Å². The first kappa shape index (κ1) is 43.4. The van der Waals surface area contributed by atoms with Crippen molar-refractivity contribution in [2.45, 2.75) is 64.1 Å². The minimum Gasteiger partial charge on any atom is -0.386 e. The number of hydrogen-bond donors (Lipinski definition) is 10. The van der Waals surface area contributed by atoms with Gasteiger partial charge in [0.1, 0.15) is 42.5 Å². The van der Waals surface area contributed by atoms with E-state index in [0.717, 1.165) is 29.0 Å². The number of nitrogens with two attached hydrogens (primary N) is 1. The summed E-state index contributed by atoms with van der Waals surface area (Å²) in [4.78, 5) is 74.2. The second-order valence-electron chi connectivity index (χ2n) is 11.6. The molecule has 11 N–H and O–H groups in total. The summed E-state index contributed by atoms with van der Waals surface area (Å²) in [6, 6.07) is 0. The van der Waals surface area contributed by atoms with E-state index in [9.17, 15) is 58.2 Å². The zero-order valence-electron chi connectivity index (χ0n) is 27.2. The van der Waals surface area contributed by atoms with Crippen molar-refractivity contribution in [3.8, 4) is 0 Å². The van der Waals surface area contributed by atoms with Crippen molar-refractivity contribution >= 4 is 63.2 Å². The van der Waals surface area contributed by atoms with Gasteiger partial charge in [-0.1, -0.05) is 25.6 Å². The molecule has 1 saturated heterocycles. The highest BCUT2D eigenvalue weighted by molar-refractivity contribution is 8.13. The van der Waals surface area contributed by atoms with E-state index in [-0.39, 0.29) is 35.1 Å². The van der Waals surface area contributed by atoms with E-state index in [1.54, 1.807) is 0 Å². The van der Waals surface area contributed by atoms with E-state index in [4.69, 9.17) is 19.5 Å². The highest BCUT2D eigenvalue weighted by atomic mass is 32.2. The topological polar surface area (TPSA) is 367 Å². The molecule has 0 spiro atoms. The average molecular weight is 812 g/mol. The molecule has 3 unspecified atom stereocenters. The number of carbonyl (C=O) groups excluding carboxylic acids is 2. The van der Waals surface area contributed by atoms with Gasteiger partial charge >= 0.3 is 23.5 Å². The minimum absolute atomic E-state index is 0.0344. The van der Waals surface area contributed by atoms with E-state index in [1.165, 1.54) is 20.8 Å². The Morgan fingerprint density at radius 2 is 1.76 bits per heavy atom. The van der Waals surface area contributed by atoms with E-state index in [0.29, 0.717) is 12.3 Å². The monoisotopic (exact) mass is 811 g/mol. The van der Waals surface area contributed by atoms with Crippen molar-refractivity contribution in [1.29, 1.82) is 0 Å². The van der Waals surface area contributed by atoms with Crippen molar-refractivity contribution in [2.24, 2.45) is 5.41 Å². The smallest absolute Gasteiger partial charge is 0.386 e. The number of hydrogen-bond acceptors (Lipinski definition) is 19. The molecule has 24 nitrogen and oxygen atoms in total. The Balaban J connectivity index is 1.55. The number of anilines is 1. The van der Waals surface area contributed by atoms with Gasteiger partial charge in [-0.25, -0.2) is 28.6 Å². The number of aliphatic hydroxyl groups is 3. The molecule has 8 atom stereocenters. The van der Waals surface area contributed by atoms with Crippen LogP contribution in [0.25, 0.3) is 11.2 Å². The number of phosphoric acid groups is 3. The Labute approximate surface area is 293 Å². The van der Waals surface area contributed by atoms with Gasteiger partial charge in [-0.3, -0.25) is 33.0 Å². The maximum Gasteiger partial charge on any atom is 0.481 e. The SMILES string of the molecule is CC(=O)SCCNC(O)CCNC(=O)[C@H](O)C(C)(C)COP(=O)(O)OP(=O)(O)OC[C@H]1O[C@@H](n2cnc3c(N)ncnc32)[C@H](O)[C@@H]1OP(=O)(O)O. The summed E-state index contributed by atoms with van der Waals surface area (Å²) in [7, 11) is -16.3. The summed E-state index contributed by atoms with van der Waals surface area (Å²) in [5, 5.41) is 36.3. The standard InChI is InChI=1S/C23H40N7O17P3S/c1-12(31)51-7-6-25-14(32)4-5-26-21(35)18(34)23(2,3)9-44-50(41,42)47-49(39,40)43-8-13-17(46-48(36,37)38)16(33)22(45-13)30-11-29-15-19(24)27-10-28-20(15)30/h10-11,13-14,16-18,22,25,32-34H,4-9H2,1-3H3,(H,26,35)(H,39,40)(H,41,42)(H2,24,27,28)(H2,36,37,38)/t13-,14?,16-,17-,18+,22-/m1/s1. The summed E-state index contributed by atoms with van der Waals surface area (Å²) in [6.07, 6.45) is -7.66. The number of nitrogens with one attached hydrogen (secondary N) is 2. The lowest BCUT2D eigenvalue weighted by Crippen LogP contribution is -2.46. The molecule has 1 aliphatic rings. The van der Waals surface area contributed by atoms with Crippen LogP contribution < -0.4 is 16.4 Å². The lowest BCUT2D eigenvalue weighted by molar-refractivity contribution is -0.137. The first-order chi connectivity index (χ1) is 23.5. The number of imidazole rings is 1. The Morgan fingerprint density at radius 3 is 2.41 bits per heavy atom. The number of thioether (sulfide) groups is 1. The number of phosphoric ester groups is 3. The van der Waals surface area contributed by atoms with Crippen LogP contribution in [-0.4, -0.2) is 128 Å². The number of ether oxygens (including phenoxy) is 1. The molecule has 0 bridgehead atoms. The third-order valence-corrected chi connectivity index (χ3v) is 10.8. The fraction of sp³-hybridized carbons (Fsp3) is 0.696. The number of nitrogen functional groups attached to an aromatic ring is 1. The number of aliphatic hydroxyl groups excluding tert-OH is 3. The second kappa shape index (κ2) is 17.9. The molecule has 51 heavy (non-hydrogen) atoms. The van der Waals surface area contributed by atoms with E-state index in [2.05, 4.69) is 34.4 Å². The van der Waals surface area contributed by atoms with Crippen LogP contribution in [0, 0.1) is 5.41 Å². The van der Waals surface area contributed by atoms with Crippen LogP contribution in [0.1, 0.15) is 33.4 Å². The summed E-state index contributed by atoms with van der Waals surface area (Å²) in [5.74, 6) is -0.548. The number of fused-ring (bicyclic) bond motifs is 1. The molecule has 0 saturated carbocycles. The highest BCUT2D eigenvalue weighted by Crippen LogP contribution is 2.61. The van der Waals surface area contributed by atoms with Crippen LogP contribution in [0.2, 0.25) is 0 Å². The summed E-state index contributed by atoms with van der Waals surface area (Å²) >= 11 is 1.07. The molecule has 28 heteroatoms. The maximum absolute atomic E-state index is 12.6. The predicted octanol–water partition coefficient (Wildman–Crippen LogP) is -1.52. The van der Waals surface area contributed by atoms with Gasteiger partial charge in [0.05, 0.1) is 19.5 Å². The number of aromatic nitrogens is 4. The van der Waals surface area contributed by atoms with E-state index in [1.807, 2.05) is 0 Å². The van der Waals surface area contributed by atoms with Gasteiger partial charge in [-0.15, -0.1) is 0 Å². The Hall–Kier alpha value is -1.99. The first-order valence-corrected chi connectivity index (χ1v) is 20.2. The third kappa shape index (κ3) is 13.1. The van der Waals surface area contributed by atoms with E-state index < -0.39 is 84.9 Å². The zero-order valence-corrected chi connectivity index (χ0v) is 30.7. The molecule has 3 heterocycles. The van der Waals surface area contributed by atoms with Crippen molar-refractivity contribution < 1.29 is 80.8 Å². The van der Waals surface area contributed by atoms with Crippen molar-refractivity contribution in [1.82, 2.24) is 30.2 Å². The largest absolute Gasteiger partial charge is 0.481 e. The third-order valence-electron chi connectivity index (χ3n) is 6.93. The molecule has 1 aliphatic heterocycles. The molecule has 2 aromatic rings. The minimum atomic E-state index is -5.55. The Bertz CT molecular complexity index is 1660. The summed E-state index contributed by atoms with van der Waals surface area (Å²) in [5.41, 5.74) is 4.29. The first-order valence-electron chi connectivity index (χ1n) is 14.7. The van der Waals surface area contributed by atoms with Gasteiger partial charge in [-0.2, -0.15) is 4.31 Å². The normalized spacial score (nSPS) is 23.4. The number of nitrogens with zero attached hydrogens (tertiary/aromatic N) is 4. The zero-order chi connectivity index (χ0) is 38.4. The van der Waals surface area contributed by atoms with Crippen molar-refractivity contribution in [3.05, 3.63) is 12.7 Å².